The van der Waals surface area contributed by atoms with Crippen molar-refractivity contribution in [1.82, 2.24) is 0 Å². The highest BCUT2D eigenvalue weighted by molar-refractivity contribution is 5.58. The molecule has 0 aliphatic rings. The van der Waals surface area contributed by atoms with E-state index in [1.807, 2.05) is 30.6 Å². The Morgan fingerprint density at radius 3 is 2.85 bits per heavy atom. The van der Waals surface area contributed by atoms with Crippen LogP contribution < -0.4 is 4.74 Å². The second kappa shape index (κ2) is 5.36. The van der Waals surface area contributed by atoms with Crippen LogP contribution in [0.3, 0.4) is 0 Å². The van der Waals surface area contributed by atoms with Crippen molar-refractivity contribution in [1.29, 1.82) is 0 Å². The average Bonchev–Trinajstić information content (AvgIpc) is 2.17. The molecule has 0 spiro atoms. The molecular formula is C11H13O2. The second-order valence-electron chi connectivity index (χ2n) is 2.78. The van der Waals surface area contributed by atoms with E-state index in [4.69, 9.17) is 4.74 Å². The fraction of sp³-hybridized carbons (Fsp3) is 0.364. The number of rotatable bonds is 5. The maximum Gasteiger partial charge on any atom is 0.203 e. The van der Waals surface area contributed by atoms with E-state index in [9.17, 15) is 4.79 Å². The molecule has 0 saturated heterocycles. The van der Waals surface area contributed by atoms with Crippen LogP contribution >= 0.6 is 0 Å². The largest absolute Gasteiger partial charge is 0.493 e. The summed E-state index contributed by atoms with van der Waals surface area (Å²) in [5, 5.41) is 0. The van der Waals surface area contributed by atoms with Crippen LogP contribution in [0.4, 0.5) is 0 Å². The molecule has 13 heavy (non-hydrogen) atoms. The minimum absolute atomic E-state index is 0.305. The Kier molecular flexibility index (Phi) is 4.03. The Bertz CT molecular complexity index is 269. The first kappa shape index (κ1) is 9.78. The summed E-state index contributed by atoms with van der Waals surface area (Å²) in [4.78, 5) is 10.2. The van der Waals surface area contributed by atoms with Gasteiger partial charge >= 0.3 is 0 Å². The van der Waals surface area contributed by atoms with Crippen molar-refractivity contribution >= 4 is 6.29 Å². The zero-order valence-corrected chi connectivity index (χ0v) is 7.75. The van der Waals surface area contributed by atoms with Crippen LogP contribution in [0.15, 0.2) is 24.3 Å². The Labute approximate surface area is 78.5 Å². The van der Waals surface area contributed by atoms with Gasteiger partial charge in [-0.15, -0.1) is 0 Å². The molecular weight excluding hydrogens is 164 g/mol. The molecule has 69 valence electrons. The summed E-state index contributed by atoms with van der Waals surface area (Å²) in [5.74, 6) is 0.799. The van der Waals surface area contributed by atoms with Gasteiger partial charge in [0, 0.05) is 12.0 Å². The number of hydrogen-bond acceptors (Lipinski definition) is 2. The lowest BCUT2D eigenvalue weighted by atomic mass is 10.1. The zero-order chi connectivity index (χ0) is 9.52. The number of carbonyl (C=O) groups excluding carboxylic acids is 1. The smallest absolute Gasteiger partial charge is 0.203 e. The first-order valence-electron chi connectivity index (χ1n) is 4.44. The summed E-state index contributed by atoms with van der Waals surface area (Å²) in [6, 6.07) is 7.56. The fourth-order valence-corrected chi connectivity index (χ4v) is 1.08. The molecule has 0 unspecified atom stereocenters. The Morgan fingerprint density at radius 1 is 1.38 bits per heavy atom. The quantitative estimate of drug-likeness (QED) is 0.688. The molecule has 0 saturated carbocycles. The van der Waals surface area contributed by atoms with Crippen LogP contribution in [-0.4, -0.2) is 12.9 Å². The van der Waals surface area contributed by atoms with Gasteiger partial charge in [-0.2, -0.15) is 0 Å². The van der Waals surface area contributed by atoms with Crippen molar-refractivity contribution in [3.63, 3.8) is 0 Å². The van der Waals surface area contributed by atoms with Gasteiger partial charge in [-0.05, 0) is 12.5 Å². The van der Waals surface area contributed by atoms with Crippen LogP contribution in [0.1, 0.15) is 18.9 Å². The lowest BCUT2D eigenvalue weighted by Crippen LogP contribution is -1.98. The van der Waals surface area contributed by atoms with E-state index in [1.165, 1.54) is 0 Å². The Morgan fingerprint density at radius 2 is 2.15 bits per heavy atom. The molecule has 0 aromatic heterocycles. The zero-order valence-electron chi connectivity index (χ0n) is 7.75. The maximum atomic E-state index is 10.2. The van der Waals surface area contributed by atoms with Gasteiger partial charge < -0.3 is 4.74 Å². The minimum atomic E-state index is 0.305. The van der Waals surface area contributed by atoms with Crippen LogP contribution in [-0.2, 0) is 11.2 Å². The van der Waals surface area contributed by atoms with Gasteiger partial charge in [0.1, 0.15) is 5.75 Å². The lowest BCUT2D eigenvalue weighted by molar-refractivity contribution is 0.315. The molecule has 1 aromatic carbocycles. The topological polar surface area (TPSA) is 26.3 Å². The highest BCUT2D eigenvalue weighted by Gasteiger charge is 2.00. The second-order valence-corrected chi connectivity index (χ2v) is 2.78. The van der Waals surface area contributed by atoms with Crippen LogP contribution in [0.2, 0.25) is 0 Å². The predicted octanol–water partition coefficient (Wildman–Crippen LogP) is 2.13. The van der Waals surface area contributed by atoms with Gasteiger partial charge in [0.2, 0.25) is 6.29 Å². The van der Waals surface area contributed by atoms with Gasteiger partial charge in [-0.3, -0.25) is 4.79 Å². The molecule has 0 aliphatic heterocycles. The summed E-state index contributed by atoms with van der Waals surface area (Å²) < 4.78 is 5.46. The molecule has 0 bridgehead atoms. The van der Waals surface area contributed by atoms with E-state index in [-0.39, 0.29) is 0 Å². The van der Waals surface area contributed by atoms with Gasteiger partial charge in [-0.1, -0.05) is 25.1 Å². The Hall–Kier alpha value is -1.31. The van der Waals surface area contributed by atoms with Gasteiger partial charge in [-0.25, -0.2) is 0 Å². The lowest BCUT2D eigenvalue weighted by Gasteiger charge is -2.07. The summed E-state index contributed by atoms with van der Waals surface area (Å²) >= 11 is 0. The first-order chi connectivity index (χ1) is 6.38. The third-order valence-corrected chi connectivity index (χ3v) is 1.70. The van der Waals surface area contributed by atoms with E-state index in [1.54, 1.807) is 0 Å². The van der Waals surface area contributed by atoms with E-state index >= 15 is 0 Å². The molecule has 2 heteroatoms. The van der Waals surface area contributed by atoms with E-state index < -0.39 is 0 Å². The highest BCUT2D eigenvalue weighted by Crippen LogP contribution is 2.17. The van der Waals surface area contributed by atoms with Crippen molar-refractivity contribution in [3.8, 4) is 5.75 Å². The van der Waals surface area contributed by atoms with Gasteiger partial charge in [0.05, 0.1) is 6.61 Å². The molecule has 1 radical (unpaired) electrons. The molecule has 0 heterocycles. The van der Waals surface area contributed by atoms with Crippen LogP contribution in [0.5, 0.6) is 5.75 Å². The SMILES string of the molecule is CCCOc1ccccc1C[C]=O. The van der Waals surface area contributed by atoms with Crippen molar-refractivity contribution in [3.05, 3.63) is 29.8 Å². The molecule has 0 aliphatic carbocycles. The maximum absolute atomic E-state index is 10.2. The predicted molar refractivity (Wildman–Crippen MR) is 51.6 cm³/mol. The molecule has 0 N–H and O–H groups in total. The Balaban J connectivity index is 2.71. The average molecular weight is 177 g/mol. The molecule has 0 fully saturated rings. The fourth-order valence-electron chi connectivity index (χ4n) is 1.08. The summed E-state index contributed by atoms with van der Waals surface area (Å²) in [7, 11) is 0. The number of ether oxygens (including phenoxy) is 1. The first-order valence-corrected chi connectivity index (χ1v) is 4.44. The highest BCUT2D eigenvalue weighted by atomic mass is 16.5. The number of hydrogen-bond donors (Lipinski definition) is 0. The third-order valence-electron chi connectivity index (χ3n) is 1.70. The van der Waals surface area contributed by atoms with Gasteiger partial charge in [0.25, 0.3) is 0 Å². The van der Waals surface area contributed by atoms with Crippen LogP contribution in [0.25, 0.3) is 0 Å². The number of para-hydroxylation sites is 1. The monoisotopic (exact) mass is 177 g/mol. The van der Waals surface area contributed by atoms with E-state index in [0.29, 0.717) is 13.0 Å². The van der Waals surface area contributed by atoms with Gasteiger partial charge in [0.15, 0.2) is 0 Å². The molecule has 2 nitrogen and oxygen atoms in total. The normalized spacial score (nSPS) is 9.62. The number of benzene rings is 1. The summed E-state index contributed by atoms with van der Waals surface area (Å²) in [5.41, 5.74) is 0.908. The van der Waals surface area contributed by atoms with Crippen LogP contribution in [0, 0.1) is 0 Å². The van der Waals surface area contributed by atoms with E-state index in [2.05, 4.69) is 6.92 Å². The summed E-state index contributed by atoms with van der Waals surface area (Å²) in [6.45, 7) is 2.74. The van der Waals surface area contributed by atoms with Crippen molar-refractivity contribution in [2.75, 3.05) is 6.61 Å². The molecule has 1 rings (SSSR count). The molecule has 1 aromatic rings. The van der Waals surface area contributed by atoms with Crippen molar-refractivity contribution in [2.24, 2.45) is 0 Å². The van der Waals surface area contributed by atoms with E-state index in [0.717, 1.165) is 17.7 Å². The minimum Gasteiger partial charge on any atom is -0.493 e. The standard InChI is InChI=1S/C11H13O2/c1-2-9-13-11-6-4-3-5-10(11)7-8-12/h3-6H,2,7,9H2,1H3. The van der Waals surface area contributed by atoms with Crippen molar-refractivity contribution < 1.29 is 9.53 Å². The third kappa shape index (κ3) is 2.90. The molecule has 0 amide bonds. The summed E-state index contributed by atoms with van der Waals surface area (Å²) in [6.07, 6.45) is 3.15. The molecule has 0 atom stereocenters. The van der Waals surface area contributed by atoms with Crippen molar-refractivity contribution in [2.45, 2.75) is 19.8 Å².